The minimum absolute atomic E-state index is 0.414. The number of benzene rings is 1. The summed E-state index contributed by atoms with van der Waals surface area (Å²) in [5.74, 6) is 0. The van der Waals surface area contributed by atoms with Crippen molar-refractivity contribution >= 4 is 17.9 Å². The van der Waals surface area contributed by atoms with Gasteiger partial charge in [0.1, 0.15) is 5.15 Å². The number of nitrogens with one attached hydrogen (secondary N) is 1. The summed E-state index contributed by atoms with van der Waals surface area (Å²) in [6.45, 7) is 2.06. The Morgan fingerprint density at radius 1 is 1.38 bits per heavy atom. The number of aldehydes is 1. The summed E-state index contributed by atoms with van der Waals surface area (Å²) in [7, 11) is 0. The molecule has 1 heterocycles. The molecular weight excluding hydrogens is 222 g/mol. The van der Waals surface area contributed by atoms with E-state index in [1.807, 2.05) is 6.07 Å². The second-order valence-corrected chi connectivity index (χ2v) is 4.23. The third-order valence-corrected chi connectivity index (χ3v) is 2.77. The fourth-order valence-corrected chi connectivity index (χ4v) is 1.94. The highest BCUT2D eigenvalue weighted by Crippen LogP contribution is 2.17. The molecule has 2 rings (SSSR count). The molecule has 0 aliphatic heterocycles. The molecule has 1 aromatic heterocycles. The molecule has 0 aliphatic carbocycles. The highest BCUT2D eigenvalue weighted by molar-refractivity contribution is 6.31. The van der Waals surface area contributed by atoms with E-state index < -0.39 is 0 Å². The summed E-state index contributed by atoms with van der Waals surface area (Å²) in [6.07, 6.45) is 1.52. The van der Waals surface area contributed by atoms with Crippen LogP contribution in [0.5, 0.6) is 0 Å². The largest absolute Gasteiger partial charge is 0.349 e. The van der Waals surface area contributed by atoms with Gasteiger partial charge in [0, 0.05) is 12.1 Å². The van der Waals surface area contributed by atoms with E-state index in [9.17, 15) is 4.79 Å². The van der Waals surface area contributed by atoms with Gasteiger partial charge < -0.3 is 4.98 Å². The lowest BCUT2D eigenvalue weighted by molar-refractivity contribution is 0.112. The number of H-pyrrole nitrogens is 1. The molecule has 0 bridgehead atoms. The maximum Gasteiger partial charge on any atom is 0.153 e. The van der Waals surface area contributed by atoms with Crippen LogP contribution >= 0.6 is 11.6 Å². The Kier molecular flexibility index (Phi) is 3.11. The van der Waals surface area contributed by atoms with Crippen LogP contribution in [0, 0.1) is 6.92 Å². The van der Waals surface area contributed by atoms with Crippen LogP contribution in [0.2, 0.25) is 5.15 Å². The van der Waals surface area contributed by atoms with Crippen molar-refractivity contribution < 1.29 is 4.79 Å². The van der Waals surface area contributed by atoms with Gasteiger partial charge in [-0.15, -0.1) is 0 Å². The molecule has 82 valence electrons. The van der Waals surface area contributed by atoms with E-state index in [0.29, 0.717) is 10.7 Å². The molecule has 0 saturated carbocycles. The van der Waals surface area contributed by atoms with Crippen LogP contribution in [0.25, 0.3) is 0 Å². The molecule has 0 aliphatic rings. The Bertz CT molecular complexity index is 516. The molecule has 0 spiro atoms. The van der Waals surface area contributed by atoms with E-state index >= 15 is 0 Å². The maximum absolute atomic E-state index is 10.6. The van der Waals surface area contributed by atoms with Crippen LogP contribution in [-0.2, 0) is 6.42 Å². The summed E-state index contributed by atoms with van der Waals surface area (Å²) in [4.78, 5) is 13.6. The minimum atomic E-state index is 0.414. The van der Waals surface area contributed by atoms with E-state index in [0.717, 1.165) is 18.4 Å². The van der Waals surface area contributed by atoms with Crippen molar-refractivity contribution in [3.63, 3.8) is 0 Å². The Morgan fingerprint density at radius 3 is 2.81 bits per heavy atom. The average Bonchev–Trinajstić information content (AvgIpc) is 2.58. The van der Waals surface area contributed by atoms with Crippen molar-refractivity contribution in [3.8, 4) is 0 Å². The summed E-state index contributed by atoms with van der Waals surface area (Å²) >= 11 is 5.86. The first kappa shape index (κ1) is 11.0. The van der Waals surface area contributed by atoms with Crippen molar-refractivity contribution in [1.82, 2.24) is 4.98 Å². The molecule has 0 fully saturated rings. The van der Waals surface area contributed by atoms with Crippen molar-refractivity contribution in [2.24, 2.45) is 0 Å². The van der Waals surface area contributed by atoms with Gasteiger partial charge in [0.2, 0.25) is 0 Å². The second kappa shape index (κ2) is 4.54. The minimum Gasteiger partial charge on any atom is -0.349 e. The topological polar surface area (TPSA) is 32.9 Å². The number of aromatic amines is 1. The summed E-state index contributed by atoms with van der Waals surface area (Å²) in [5, 5.41) is 0.414. The molecule has 1 N–H and O–H groups in total. The van der Waals surface area contributed by atoms with E-state index in [-0.39, 0.29) is 0 Å². The Hall–Kier alpha value is -1.54. The van der Waals surface area contributed by atoms with Gasteiger partial charge in [0.15, 0.2) is 6.29 Å². The third-order valence-electron chi connectivity index (χ3n) is 2.46. The number of aromatic nitrogens is 1. The van der Waals surface area contributed by atoms with Crippen LogP contribution in [-0.4, -0.2) is 11.3 Å². The van der Waals surface area contributed by atoms with Crippen molar-refractivity contribution in [3.05, 3.63) is 57.9 Å². The van der Waals surface area contributed by atoms with Gasteiger partial charge in [0.05, 0.1) is 5.56 Å². The van der Waals surface area contributed by atoms with Gasteiger partial charge in [-0.05, 0) is 18.6 Å². The lowest BCUT2D eigenvalue weighted by Crippen LogP contribution is -1.88. The molecule has 3 heteroatoms. The van der Waals surface area contributed by atoms with Crippen LogP contribution < -0.4 is 0 Å². The smallest absolute Gasteiger partial charge is 0.153 e. The van der Waals surface area contributed by atoms with Crippen molar-refractivity contribution in [2.75, 3.05) is 0 Å². The highest BCUT2D eigenvalue weighted by atomic mass is 35.5. The van der Waals surface area contributed by atoms with E-state index in [4.69, 9.17) is 11.6 Å². The van der Waals surface area contributed by atoms with Crippen LogP contribution in [0.15, 0.2) is 30.3 Å². The molecule has 0 unspecified atom stereocenters. The zero-order valence-electron chi connectivity index (χ0n) is 8.96. The fraction of sp³-hybridized carbons (Fsp3) is 0.154. The third kappa shape index (κ3) is 2.34. The SMILES string of the molecule is Cc1cccc(Cc2cc(C=O)c(Cl)[nH]2)c1. The predicted octanol–water partition coefficient (Wildman–Crippen LogP) is 3.38. The maximum atomic E-state index is 10.6. The number of aryl methyl sites for hydroxylation is 1. The molecule has 0 radical (unpaired) electrons. The molecule has 2 nitrogen and oxygen atoms in total. The Labute approximate surface area is 99.3 Å². The highest BCUT2D eigenvalue weighted by Gasteiger charge is 2.05. The predicted molar refractivity (Wildman–Crippen MR) is 65.2 cm³/mol. The quantitative estimate of drug-likeness (QED) is 0.810. The molecule has 2 aromatic rings. The zero-order chi connectivity index (χ0) is 11.5. The normalized spacial score (nSPS) is 10.4. The van der Waals surface area contributed by atoms with E-state index in [1.165, 1.54) is 11.1 Å². The second-order valence-electron chi connectivity index (χ2n) is 3.85. The number of carbonyl (C=O) groups excluding carboxylic acids is 1. The van der Waals surface area contributed by atoms with Crippen LogP contribution in [0.1, 0.15) is 27.2 Å². The standard InChI is InChI=1S/C13H12ClNO/c1-9-3-2-4-10(5-9)6-12-7-11(8-16)13(14)15-12/h2-5,7-8,15H,6H2,1H3. The van der Waals surface area contributed by atoms with Gasteiger partial charge >= 0.3 is 0 Å². The van der Waals surface area contributed by atoms with E-state index in [2.05, 4.69) is 30.1 Å². The van der Waals surface area contributed by atoms with Gasteiger partial charge in [0.25, 0.3) is 0 Å². The molecule has 1 aromatic carbocycles. The first-order valence-electron chi connectivity index (χ1n) is 5.07. The number of carbonyl (C=O) groups is 1. The van der Waals surface area contributed by atoms with Gasteiger partial charge in [-0.1, -0.05) is 41.4 Å². The zero-order valence-corrected chi connectivity index (χ0v) is 9.71. The monoisotopic (exact) mass is 233 g/mol. The molecule has 0 atom stereocenters. The molecule has 0 amide bonds. The molecule has 0 saturated heterocycles. The number of rotatable bonds is 3. The molecular formula is C13H12ClNO. The van der Waals surface area contributed by atoms with Gasteiger partial charge in [-0.2, -0.15) is 0 Å². The van der Waals surface area contributed by atoms with Crippen LogP contribution in [0.4, 0.5) is 0 Å². The number of hydrogen-bond acceptors (Lipinski definition) is 1. The lowest BCUT2D eigenvalue weighted by atomic mass is 10.1. The molecule has 16 heavy (non-hydrogen) atoms. The Balaban J connectivity index is 2.23. The van der Waals surface area contributed by atoms with Crippen molar-refractivity contribution in [1.29, 1.82) is 0 Å². The Morgan fingerprint density at radius 2 is 2.19 bits per heavy atom. The van der Waals surface area contributed by atoms with Gasteiger partial charge in [-0.3, -0.25) is 4.79 Å². The summed E-state index contributed by atoms with van der Waals surface area (Å²) < 4.78 is 0. The van der Waals surface area contributed by atoms with Gasteiger partial charge in [-0.25, -0.2) is 0 Å². The van der Waals surface area contributed by atoms with Crippen LogP contribution in [0.3, 0.4) is 0 Å². The summed E-state index contributed by atoms with van der Waals surface area (Å²) in [6, 6.07) is 10.0. The first-order chi connectivity index (χ1) is 7.69. The van der Waals surface area contributed by atoms with E-state index in [1.54, 1.807) is 6.07 Å². The summed E-state index contributed by atoms with van der Waals surface area (Å²) in [5.41, 5.74) is 3.91. The number of halogens is 1. The fourth-order valence-electron chi connectivity index (χ4n) is 1.72. The average molecular weight is 234 g/mol. The van der Waals surface area contributed by atoms with Crippen molar-refractivity contribution in [2.45, 2.75) is 13.3 Å². The number of hydrogen-bond donors (Lipinski definition) is 1. The first-order valence-corrected chi connectivity index (χ1v) is 5.45. The lowest BCUT2D eigenvalue weighted by Gasteiger charge is -2.00.